The number of carboxylic acids is 1. The van der Waals surface area contributed by atoms with E-state index >= 15 is 0 Å². The van der Waals surface area contributed by atoms with Crippen LogP contribution in [0.25, 0.3) is 0 Å². The average Bonchev–Trinajstić information content (AvgIpc) is 2.46. The molecule has 5 nitrogen and oxygen atoms in total. The largest absolute Gasteiger partial charge is 0.480 e. The van der Waals surface area contributed by atoms with E-state index < -0.39 is 12.0 Å². The molecular formula is C14H24N2O3. The molecule has 5 heteroatoms. The van der Waals surface area contributed by atoms with Gasteiger partial charge in [0.2, 0.25) is 5.91 Å². The third-order valence-electron chi connectivity index (χ3n) is 4.60. The average molecular weight is 268 g/mol. The molecule has 0 aromatic heterocycles. The first-order valence-corrected chi connectivity index (χ1v) is 7.36. The van der Waals surface area contributed by atoms with E-state index in [9.17, 15) is 14.7 Å². The van der Waals surface area contributed by atoms with Gasteiger partial charge in [0.15, 0.2) is 0 Å². The maximum absolute atomic E-state index is 12.5. The molecule has 1 aliphatic carbocycles. The fraction of sp³-hybridized carbons (Fsp3) is 0.857. The van der Waals surface area contributed by atoms with E-state index in [-0.39, 0.29) is 11.8 Å². The minimum atomic E-state index is -0.858. The number of carboxylic acid groups (broad SMARTS) is 1. The van der Waals surface area contributed by atoms with Crippen molar-refractivity contribution in [2.75, 3.05) is 13.1 Å². The predicted octanol–water partition coefficient (Wildman–Crippen LogP) is 1.22. The van der Waals surface area contributed by atoms with Gasteiger partial charge in [0.1, 0.15) is 6.04 Å². The van der Waals surface area contributed by atoms with Crippen molar-refractivity contribution in [2.45, 2.75) is 51.0 Å². The topological polar surface area (TPSA) is 83.6 Å². The molecule has 1 amide bonds. The van der Waals surface area contributed by atoms with Crippen molar-refractivity contribution in [3.8, 4) is 0 Å². The molecule has 108 valence electrons. The summed E-state index contributed by atoms with van der Waals surface area (Å²) in [5.74, 6) is -0.241. The Morgan fingerprint density at radius 2 is 1.79 bits per heavy atom. The molecule has 2 rings (SSSR count). The van der Waals surface area contributed by atoms with Crippen molar-refractivity contribution in [3.63, 3.8) is 0 Å². The Kier molecular flexibility index (Phi) is 4.80. The Hall–Kier alpha value is -1.10. The molecule has 2 aliphatic rings. The molecule has 0 radical (unpaired) electrons. The zero-order valence-corrected chi connectivity index (χ0v) is 11.4. The van der Waals surface area contributed by atoms with Crippen LogP contribution in [0, 0.1) is 11.8 Å². The number of piperidine rings is 1. The van der Waals surface area contributed by atoms with Gasteiger partial charge < -0.3 is 15.7 Å². The van der Waals surface area contributed by atoms with Gasteiger partial charge in [-0.3, -0.25) is 4.79 Å². The maximum atomic E-state index is 12.5. The van der Waals surface area contributed by atoms with Crippen LogP contribution in [0.5, 0.6) is 0 Å². The second-order valence-corrected chi connectivity index (χ2v) is 5.83. The molecule has 3 N–H and O–H groups in total. The van der Waals surface area contributed by atoms with Crippen LogP contribution < -0.4 is 5.73 Å². The molecule has 0 bridgehead atoms. The van der Waals surface area contributed by atoms with Crippen molar-refractivity contribution in [3.05, 3.63) is 0 Å². The molecule has 1 atom stereocenters. The lowest BCUT2D eigenvalue weighted by Crippen LogP contribution is -2.50. The van der Waals surface area contributed by atoms with E-state index in [0.717, 1.165) is 38.5 Å². The number of hydrogen-bond donors (Lipinski definition) is 2. The highest BCUT2D eigenvalue weighted by Crippen LogP contribution is 2.31. The summed E-state index contributed by atoms with van der Waals surface area (Å²) in [4.78, 5) is 25.3. The number of nitrogens with two attached hydrogens (primary N) is 1. The van der Waals surface area contributed by atoms with Gasteiger partial charge in [-0.25, -0.2) is 4.79 Å². The molecule has 19 heavy (non-hydrogen) atoms. The van der Waals surface area contributed by atoms with Gasteiger partial charge in [-0.05, 0) is 57.4 Å². The van der Waals surface area contributed by atoms with Crippen molar-refractivity contribution < 1.29 is 14.7 Å². The number of hydrogen-bond acceptors (Lipinski definition) is 3. The third kappa shape index (κ3) is 3.26. The lowest BCUT2D eigenvalue weighted by Gasteiger charge is -2.37. The molecule has 0 unspecified atom stereocenters. The Balaban J connectivity index is 1.96. The summed E-state index contributed by atoms with van der Waals surface area (Å²) < 4.78 is 0. The van der Waals surface area contributed by atoms with Crippen LogP contribution >= 0.6 is 0 Å². The normalized spacial score (nSPS) is 32.1. The van der Waals surface area contributed by atoms with Crippen molar-refractivity contribution in [1.82, 2.24) is 4.90 Å². The highest BCUT2D eigenvalue weighted by molar-refractivity contribution is 5.85. The fourth-order valence-corrected chi connectivity index (χ4v) is 3.33. The van der Waals surface area contributed by atoms with Gasteiger partial charge in [0.25, 0.3) is 0 Å². The molecule has 2 fully saturated rings. The number of amides is 1. The molecule has 1 heterocycles. The third-order valence-corrected chi connectivity index (χ3v) is 4.60. The summed E-state index contributed by atoms with van der Waals surface area (Å²) in [6.45, 7) is 1.30. The van der Waals surface area contributed by atoms with Crippen LogP contribution in [-0.2, 0) is 9.59 Å². The van der Waals surface area contributed by atoms with Gasteiger partial charge in [-0.15, -0.1) is 0 Å². The lowest BCUT2D eigenvalue weighted by molar-refractivity contribution is -0.154. The number of likely N-dealkylation sites (tertiary alicyclic amines) is 1. The van der Waals surface area contributed by atoms with E-state index in [1.54, 1.807) is 4.90 Å². The Bertz CT molecular complexity index is 338. The quantitative estimate of drug-likeness (QED) is 0.806. The van der Waals surface area contributed by atoms with Crippen LogP contribution in [-0.4, -0.2) is 41.0 Å². The number of carbonyl (C=O) groups excluding carboxylic acids is 1. The summed E-state index contributed by atoms with van der Waals surface area (Å²) in [6, 6.07) is -0.603. The van der Waals surface area contributed by atoms with E-state index in [1.807, 2.05) is 0 Å². The summed E-state index contributed by atoms with van der Waals surface area (Å²) in [6.07, 6.45) is 6.15. The molecule has 0 aromatic rings. The van der Waals surface area contributed by atoms with E-state index in [4.69, 9.17) is 5.73 Å². The fourth-order valence-electron chi connectivity index (χ4n) is 3.33. The van der Waals surface area contributed by atoms with Crippen LogP contribution in [0.2, 0.25) is 0 Å². The smallest absolute Gasteiger partial charge is 0.326 e. The predicted molar refractivity (Wildman–Crippen MR) is 71.5 cm³/mol. The van der Waals surface area contributed by atoms with Crippen LogP contribution in [0.3, 0.4) is 0 Å². The Labute approximate surface area is 114 Å². The summed E-state index contributed by atoms with van der Waals surface area (Å²) in [5.41, 5.74) is 5.66. The van der Waals surface area contributed by atoms with Gasteiger partial charge in [0, 0.05) is 12.5 Å². The van der Waals surface area contributed by atoms with Gasteiger partial charge in [-0.2, -0.15) is 0 Å². The van der Waals surface area contributed by atoms with Crippen LogP contribution in [0.1, 0.15) is 44.9 Å². The van der Waals surface area contributed by atoms with Gasteiger partial charge in [0.05, 0.1) is 0 Å². The van der Waals surface area contributed by atoms with E-state index in [1.165, 1.54) is 0 Å². The molecular weight excluding hydrogens is 244 g/mol. The zero-order chi connectivity index (χ0) is 13.8. The molecule has 0 spiro atoms. The number of carbonyl (C=O) groups is 2. The standard InChI is InChI=1S/C14H24N2O3/c15-9-10-4-6-11(7-5-10)13(17)16-8-2-1-3-12(16)14(18)19/h10-12H,1-9,15H2,(H,18,19)/t10?,11?,12-/m1/s1. The van der Waals surface area contributed by atoms with Gasteiger partial charge in [-0.1, -0.05) is 0 Å². The summed E-state index contributed by atoms with van der Waals surface area (Å²) in [7, 11) is 0. The first kappa shape index (κ1) is 14.3. The first-order valence-electron chi connectivity index (χ1n) is 7.36. The van der Waals surface area contributed by atoms with Crippen molar-refractivity contribution in [1.29, 1.82) is 0 Å². The minimum Gasteiger partial charge on any atom is -0.480 e. The number of nitrogens with zero attached hydrogens (tertiary/aromatic N) is 1. The zero-order valence-electron chi connectivity index (χ0n) is 11.4. The second-order valence-electron chi connectivity index (χ2n) is 5.83. The molecule has 1 aliphatic heterocycles. The molecule has 1 saturated heterocycles. The molecule has 1 saturated carbocycles. The number of aliphatic carboxylic acids is 1. The summed E-state index contributed by atoms with van der Waals surface area (Å²) >= 11 is 0. The second kappa shape index (κ2) is 6.37. The maximum Gasteiger partial charge on any atom is 0.326 e. The Morgan fingerprint density at radius 1 is 1.11 bits per heavy atom. The first-order chi connectivity index (χ1) is 9.13. The number of rotatable bonds is 3. The lowest BCUT2D eigenvalue weighted by atomic mass is 9.81. The van der Waals surface area contributed by atoms with Crippen LogP contribution in [0.15, 0.2) is 0 Å². The van der Waals surface area contributed by atoms with E-state index in [0.29, 0.717) is 25.4 Å². The highest BCUT2D eigenvalue weighted by Gasteiger charge is 2.36. The minimum absolute atomic E-state index is 0.0164. The van der Waals surface area contributed by atoms with Crippen LogP contribution in [0.4, 0.5) is 0 Å². The van der Waals surface area contributed by atoms with Crippen molar-refractivity contribution >= 4 is 11.9 Å². The molecule has 0 aromatic carbocycles. The Morgan fingerprint density at radius 3 is 2.37 bits per heavy atom. The summed E-state index contributed by atoms with van der Waals surface area (Å²) in [5, 5.41) is 9.23. The monoisotopic (exact) mass is 268 g/mol. The SMILES string of the molecule is NCC1CCC(C(=O)N2CCCC[C@@H]2C(=O)O)CC1. The van der Waals surface area contributed by atoms with Gasteiger partial charge >= 0.3 is 5.97 Å². The van der Waals surface area contributed by atoms with E-state index in [2.05, 4.69) is 0 Å². The van der Waals surface area contributed by atoms with Crippen molar-refractivity contribution in [2.24, 2.45) is 17.6 Å². The highest BCUT2D eigenvalue weighted by atomic mass is 16.4.